The Balaban J connectivity index is 2.44. The van der Waals surface area contributed by atoms with E-state index in [0.29, 0.717) is 5.56 Å². The molecule has 90 valence electrons. The van der Waals surface area contributed by atoms with Gasteiger partial charge in [0.1, 0.15) is 5.56 Å². The molecule has 2 rings (SSSR count). The molecule has 6 nitrogen and oxygen atoms in total. The van der Waals surface area contributed by atoms with Crippen molar-refractivity contribution in [2.75, 3.05) is 0 Å². The summed E-state index contributed by atoms with van der Waals surface area (Å²) in [5.41, 5.74) is -0.615. The smallest absolute Gasteiger partial charge is 0.372 e. The highest BCUT2D eigenvalue weighted by atomic mass is 16.4. The van der Waals surface area contributed by atoms with Gasteiger partial charge in [-0.05, 0) is 0 Å². The maximum Gasteiger partial charge on any atom is 0.372 e. The lowest BCUT2D eigenvalue weighted by atomic mass is 10.1. The van der Waals surface area contributed by atoms with Crippen LogP contribution >= 0.6 is 0 Å². The number of aromatic carboxylic acids is 1. The van der Waals surface area contributed by atoms with E-state index >= 15 is 0 Å². The van der Waals surface area contributed by atoms with E-state index in [1.54, 1.807) is 30.3 Å². The third kappa shape index (κ3) is 2.17. The number of nitrogens with one attached hydrogen (secondary N) is 1. The Kier molecular flexibility index (Phi) is 3.01. The number of carboxylic acid groups (broad SMARTS) is 1. The van der Waals surface area contributed by atoms with Crippen LogP contribution in [0, 0.1) is 0 Å². The van der Waals surface area contributed by atoms with Crippen LogP contribution in [0.4, 0.5) is 0 Å². The van der Waals surface area contributed by atoms with Crippen LogP contribution in [-0.2, 0) is 0 Å². The Morgan fingerprint density at radius 3 is 2.39 bits per heavy atom. The van der Waals surface area contributed by atoms with Crippen LogP contribution in [0.2, 0.25) is 0 Å². The minimum absolute atomic E-state index is 0.189. The number of carbonyl (C=O) groups excluding carboxylic acids is 1. The molecule has 1 aromatic heterocycles. The molecule has 6 heteroatoms. The van der Waals surface area contributed by atoms with E-state index in [1.807, 2.05) is 4.98 Å². The van der Waals surface area contributed by atoms with Crippen molar-refractivity contribution in [1.82, 2.24) is 9.97 Å². The van der Waals surface area contributed by atoms with E-state index in [0.717, 1.165) is 6.20 Å². The highest BCUT2D eigenvalue weighted by Crippen LogP contribution is 2.04. The van der Waals surface area contributed by atoms with Gasteiger partial charge in [0.25, 0.3) is 5.56 Å². The van der Waals surface area contributed by atoms with Gasteiger partial charge in [-0.15, -0.1) is 0 Å². The van der Waals surface area contributed by atoms with E-state index in [4.69, 9.17) is 5.11 Å². The summed E-state index contributed by atoms with van der Waals surface area (Å²) in [5, 5.41) is 8.64. The van der Waals surface area contributed by atoms with Gasteiger partial charge in [-0.3, -0.25) is 9.59 Å². The van der Waals surface area contributed by atoms with Crippen LogP contribution in [0.1, 0.15) is 26.5 Å². The molecule has 0 radical (unpaired) electrons. The molecule has 0 aliphatic rings. The second kappa shape index (κ2) is 4.62. The summed E-state index contributed by atoms with van der Waals surface area (Å²) in [7, 11) is 0. The van der Waals surface area contributed by atoms with Gasteiger partial charge in [-0.1, -0.05) is 30.3 Å². The number of nitrogens with zero attached hydrogens (tertiary/aromatic N) is 1. The standard InChI is InChI=1S/C12H8N2O4/c15-9(7-4-2-1-3-5-7)8-6-13-10(12(17)18)14-11(8)16/h1-6H,(H,17,18)(H,13,14,16). The van der Waals surface area contributed by atoms with E-state index in [2.05, 4.69) is 4.98 Å². The summed E-state index contributed by atoms with van der Waals surface area (Å²) in [5.74, 6) is -2.35. The summed E-state index contributed by atoms with van der Waals surface area (Å²) >= 11 is 0. The van der Waals surface area contributed by atoms with Crippen molar-refractivity contribution in [1.29, 1.82) is 0 Å². The zero-order valence-corrected chi connectivity index (χ0v) is 9.08. The van der Waals surface area contributed by atoms with Crippen molar-refractivity contribution >= 4 is 11.8 Å². The first-order valence-electron chi connectivity index (χ1n) is 5.02. The van der Waals surface area contributed by atoms with Gasteiger partial charge in [0.15, 0.2) is 5.78 Å². The van der Waals surface area contributed by atoms with Crippen molar-refractivity contribution < 1.29 is 14.7 Å². The average molecular weight is 244 g/mol. The summed E-state index contributed by atoms with van der Waals surface area (Å²) in [6.07, 6.45) is 0.970. The van der Waals surface area contributed by atoms with Gasteiger partial charge in [0, 0.05) is 11.8 Å². The molecule has 0 fully saturated rings. The number of aromatic amines is 1. The van der Waals surface area contributed by atoms with Crippen molar-refractivity contribution in [3.8, 4) is 0 Å². The Bertz CT molecular complexity index is 661. The molecule has 0 saturated carbocycles. The molecule has 0 aliphatic carbocycles. The topological polar surface area (TPSA) is 100 Å². The second-order valence-electron chi connectivity index (χ2n) is 3.47. The van der Waals surface area contributed by atoms with Gasteiger partial charge in [0.2, 0.25) is 5.82 Å². The van der Waals surface area contributed by atoms with Crippen molar-refractivity contribution in [2.24, 2.45) is 0 Å². The maximum atomic E-state index is 11.9. The molecule has 18 heavy (non-hydrogen) atoms. The first-order chi connectivity index (χ1) is 8.59. The maximum absolute atomic E-state index is 11.9. The molecule has 0 saturated heterocycles. The Hall–Kier alpha value is -2.76. The van der Waals surface area contributed by atoms with Crippen LogP contribution in [0.25, 0.3) is 0 Å². The quantitative estimate of drug-likeness (QED) is 0.774. The molecular formula is C12H8N2O4. The number of aromatic nitrogens is 2. The van der Waals surface area contributed by atoms with Crippen molar-refractivity contribution in [3.63, 3.8) is 0 Å². The minimum Gasteiger partial charge on any atom is -0.475 e. The van der Waals surface area contributed by atoms with Crippen LogP contribution < -0.4 is 5.56 Å². The third-order valence-electron chi connectivity index (χ3n) is 2.28. The largest absolute Gasteiger partial charge is 0.475 e. The minimum atomic E-state index is -1.36. The third-order valence-corrected chi connectivity index (χ3v) is 2.28. The number of carboxylic acids is 1. The molecular weight excluding hydrogens is 236 g/mol. The lowest BCUT2D eigenvalue weighted by molar-refractivity contribution is 0.0682. The number of hydrogen-bond donors (Lipinski definition) is 2. The van der Waals surface area contributed by atoms with Gasteiger partial charge >= 0.3 is 5.97 Å². The summed E-state index contributed by atoms with van der Waals surface area (Å²) in [4.78, 5) is 39.7. The van der Waals surface area contributed by atoms with Crippen LogP contribution in [0.5, 0.6) is 0 Å². The molecule has 1 heterocycles. The Morgan fingerprint density at radius 2 is 1.83 bits per heavy atom. The Labute approximate surface area is 101 Å². The molecule has 0 unspecified atom stereocenters. The van der Waals surface area contributed by atoms with Gasteiger partial charge in [-0.25, -0.2) is 9.78 Å². The van der Waals surface area contributed by atoms with Gasteiger partial charge in [0.05, 0.1) is 0 Å². The van der Waals surface area contributed by atoms with Gasteiger partial charge in [-0.2, -0.15) is 0 Å². The monoisotopic (exact) mass is 244 g/mol. The van der Waals surface area contributed by atoms with Crippen LogP contribution in [0.15, 0.2) is 41.3 Å². The number of hydrogen-bond acceptors (Lipinski definition) is 4. The van der Waals surface area contributed by atoms with E-state index < -0.39 is 23.1 Å². The molecule has 1 aromatic carbocycles. The molecule has 2 aromatic rings. The second-order valence-corrected chi connectivity index (χ2v) is 3.47. The van der Waals surface area contributed by atoms with E-state index in [9.17, 15) is 14.4 Å². The fraction of sp³-hybridized carbons (Fsp3) is 0. The number of rotatable bonds is 3. The average Bonchev–Trinajstić information content (AvgIpc) is 2.38. The highest BCUT2D eigenvalue weighted by molar-refractivity contribution is 6.08. The molecule has 0 aliphatic heterocycles. The highest BCUT2D eigenvalue weighted by Gasteiger charge is 2.15. The predicted octanol–water partition coefficient (Wildman–Crippen LogP) is 0.699. The number of H-pyrrole nitrogens is 1. The number of benzene rings is 1. The number of carbonyl (C=O) groups is 2. The number of ketones is 1. The van der Waals surface area contributed by atoms with Gasteiger partial charge < -0.3 is 10.1 Å². The van der Waals surface area contributed by atoms with Crippen molar-refractivity contribution in [2.45, 2.75) is 0 Å². The predicted molar refractivity (Wildman–Crippen MR) is 61.7 cm³/mol. The molecule has 0 bridgehead atoms. The first kappa shape index (κ1) is 11.7. The molecule has 0 spiro atoms. The summed E-state index contributed by atoms with van der Waals surface area (Å²) < 4.78 is 0. The zero-order chi connectivity index (χ0) is 13.1. The molecule has 0 amide bonds. The van der Waals surface area contributed by atoms with E-state index in [-0.39, 0.29) is 5.56 Å². The summed E-state index contributed by atoms with van der Waals surface area (Å²) in [6, 6.07) is 8.20. The molecule has 2 N–H and O–H groups in total. The first-order valence-corrected chi connectivity index (χ1v) is 5.02. The van der Waals surface area contributed by atoms with Crippen LogP contribution in [0.3, 0.4) is 0 Å². The zero-order valence-electron chi connectivity index (χ0n) is 9.08. The molecule has 0 atom stereocenters. The lowest BCUT2D eigenvalue weighted by Crippen LogP contribution is -2.22. The fourth-order valence-electron chi connectivity index (χ4n) is 1.41. The Morgan fingerprint density at radius 1 is 1.17 bits per heavy atom. The SMILES string of the molecule is O=C(O)c1ncc(C(=O)c2ccccc2)c(=O)[nH]1. The lowest BCUT2D eigenvalue weighted by Gasteiger charge is -2.00. The normalized spacial score (nSPS) is 10.0. The summed E-state index contributed by atoms with van der Waals surface area (Å²) in [6.45, 7) is 0. The van der Waals surface area contributed by atoms with Crippen molar-refractivity contribution in [3.05, 3.63) is 63.8 Å². The van der Waals surface area contributed by atoms with E-state index in [1.165, 1.54) is 0 Å². The fourth-order valence-corrected chi connectivity index (χ4v) is 1.41. The van der Waals surface area contributed by atoms with Crippen LogP contribution in [-0.4, -0.2) is 26.8 Å².